The SMILES string of the molecule is CC1([Si])c2ccccc2C(c2ccccc2)C1(C)C. The number of fused-ring (bicyclic) bond motifs is 1. The second-order valence-corrected chi connectivity index (χ2v) is 7.28. The van der Waals surface area contributed by atoms with Gasteiger partial charge in [-0.05, 0) is 27.1 Å². The van der Waals surface area contributed by atoms with Gasteiger partial charge in [-0.2, -0.15) is 0 Å². The molecule has 0 nitrogen and oxygen atoms in total. The van der Waals surface area contributed by atoms with Crippen LogP contribution >= 0.6 is 0 Å². The van der Waals surface area contributed by atoms with Crippen molar-refractivity contribution in [1.82, 2.24) is 0 Å². The van der Waals surface area contributed by atoms with Gasteiger partial charge in [-0.25, -0.2) is 0 Å². The lowest BCUT2D eigenvalue weighted by Crippen LogP contribution is -2.38. The Hall–Kier alpha value is -1.34. The highest BCUT2D eigenvalue weighted by atomic mass is 28.1. The maximum atomic E-state index is 4.06. The van der Waals surface area contributed by atoms with Crippen molar-refractivity contribution in [2.75, 3.05) is 0 Å². The van der Waals surface area contributed by atoms with Gasteiger partial charge in [-0.3, -0.25) is 0 Å². The molecule has 2 atom stereocenters. The Bertz CT molecular complexity index is 596. The predicted molar refractivity (Wildman–Crippen MR) is 81.6 cm³/mol. The first-order valence-electron chi connectivity index (χ1n) is 6.85. The van der Waals surface area contributed by atoms with E-state index in [9.17, 15) is 0 Å². The molecule has 1 heteroatoms. The van der Waals surface area contributed by atoms with E-state index in [0.29, 0.717) is 5.92 Å². The number of rotatable bonds is 1. The first-order chi connectivity index (χ1) is 8.96. The molecule has 2 unspecified atom stereocenters. The second kappa shape index (κ2) is 4.07. The molecule has 19 heavy (non-hydrogen) atoms. The summed E-state index contributed by atoms with van der Waals surface area (Å²) in [4.78, 5) is 0. The van der Waals surface area contributed by atoms with Gasteiger partial charge in [-0.1, -0.05) is 75.4 Å². The van der Waals surface area contributed by atoms with Crippen LogP contribution in [0.4, 0.5) is 0 Å². The van der Waals surface area contributed by atoms with Crippen LogP contribution in [0.3, 0.4) is 0 Å². The quantitative estimate of drug-likeness (QED) is 0.675. The maximum absolute atomic E-state index is 4.06. The van der Waals surface area contributed by atoms with Crippen molar-refractivity contribution in [3.05, 3.63) is 71.3 Å². The van der Waals surface area contributed by atoms with Crippen LogP contribution in [0.5, 0.6) is 0 Å². The summed E-state index contributed by atoms with van der Waals surface area (Å²) in [6.45, 7) is 7.01. The van der Waals surface area contributed by atoms with Crippen molar-refractivity contribution in [1.29, 1.82) is 0 Å². The standard InChI is InChI=1S/C18H19Si/c1-17(2)16(13-9-5-4-6-10-13)14-11-7-8-12-15(14)18(17,3)19/h4-12,16H,1-3H3. The molecule has 0 bridgehead atoms. The fraction of sp³-hybridized carbons (Fsp3) is 0.333. The molecule has 2 aromatic rings. The zero-order valence-electron chi connectivity index (χ0n) is 11.8. The van der Waals surface area contributed by atoms with Crippen LogP contribution in [0.25, 0.3) is 0 Å². The molecule has 2 aromatic carbocycles. The molecule has 0 amide bonds. The lowest BCUT2D eigenvalue weighted by molar-refractivity contribution is 0.258. The Morgan fingerprint density at radius 1 is 0.842 bits per heavy atom. The third-order valence-electron chi connectivity index (χ3n) is 4.95. The van der Waals surface area contributed by atoms with E-state index in [4.69, 9.17) is 0 Å². The van der Waals surface area contributed by atoms with Crippen LogP contribution in [0.2, 0.25) is 0 Å². The third kappa shape index (κ3) is 1.64. The molecule has 95 valence electrons. The van der Waals surface area contributed by atoms with Crippen LogP contribution in [0.15, 0.2) is 54.6 Å². The summed E-state index contributed by atoms with van der Waals surface area (Å²) in [6, 6.07) is 19.7. The number of hydrogen-bond acceptors (Lipinski definition) is 0. The smallest absolute Gasteiger partial charge is 0.0382 e. The van der Waals surface area contributed by atoms with E-state index >= 15 is 0 Å². The Morgan fingerprint density at radius 3 is 2.11 bits per heavy atom. The van der Waals surface area contributed by atoms with Crippen molar-refractivity contribution < 1.29 is 0 Å². The van der Waals surface area contributed by atoms with E-state index in [0.717, 1.165) is 0 Å². The summed E-state index contributed by atoms with van der Waals surface area (Å²) >= 11 is 0. The van der Waals surface area contributed by atoms with Gasteiger partial charge in [0.15, 0.2) is 0 Å². The van der Waals surface area contributed by atoms with Gasteiger partial charge in [-0.15, -0.1) is 0 Å². The molecule has 3 radical (unpaired) electrons. The highest BCUT2D eigenvalue weighted by molar-refractivity contribution is 6.17. The van der Waals surface area contributed by atoms with E-state index in [2.05, 4.69) is 85.6 Å². The van der Waals surface area contributed by atoms with Gasteiger partial charge in [0.1, 0.15) is 0 Å². The molecule has 0 heterocycles. The molecule has 0 N–H and O–H groups in total. The first-order valence-corrected chi connectivity index (χ1v) is 7.35. The molecular formula is C18H19Si. The summed E-state index contributed by atoms with van der Waals surface area (Å²) < 4.78 is 0. The molecule has 0 aromatic heterocycles. The molecule has 0 saturated carbocycles. The maximum Gasteiger partial charge on any atom is 0.0382 e. The van der Waals surface area contributed by atoms with Crippen LogP contribution < -0.4 is 0 Å². The van der Waals surface area contributed by atoms with Gasteiger partial charge >= 0.3 is 0 Å². The van der Waals surface area contributed by atoms with Crippen LogP contribution in [-0.2, 0) is 5.04 Å². The van der Waals surface area contributed by atoms with Crippen molar-refractivity contribution >= 4 is 10.2 Å². The lowest BCUT2D eigenvalue weighted by atomic mass is 9.71. The second-order valence-electron chi connectivity index (χ2n) is 6.28. The Kier molecular flexibility index (Phi) is 2.72. The molecule has 0 fully saturated rings. The monoisotopic (exact) mass is 263 g/mol. The minimum absolute atomic E-state index is 0.00407. The minimum atomic E-state index is 0.00407. The lowest BCUT2D eigenvalue weighted by Gasteiger charge is -2.40. The van der Waals surface area contributed by atoms with Crippen LogP contribution in [0, 0.1) is 5.41 Å². The van der Waals surface area contributed by atoms with E-state index in [1.807, 2.05) is 0 Å². The molecular weight excluding hydrogens is 244 g/mol. The Morgan fingerprint density at radius 2 is 1.42 bits per heavy atom. The Labute approximate surface area is 119 Å². The van der Waals surface area contributed by atoms with Gasteiger partial charge in [0.05, 0.1) is 0 Å². The summed E-state index contributed by atoms with van der Waals surface area (Å²) in [7, 11) is 4.06. The summed E-state index contributed by atoms with van der Waals surface area (Å²) in [5.41, 5.74) is 4.42. The average Bonchev–Trinajstić information content (AvgIpc) is 2.55. The molecule has 1 aliphatic carbocycles. The van der Waals surface area contributed by atoms with Crippen molar-refractivity contribution in [3.63, 3.8) is 0 Å². The van der Waals surface area contributed by atoms with Gasteiger partial charge < -0.3 is 0 Å². The fourth-order valence-corrected chi connectivity index (χ4v) is 3.84. The van der Waals surface area contributed by atoms with Gasteiger partial charge in [0.25, 0.3) is 0 Å². The first kappa shape index (κ1) is 12.7. The van der Waals surface area contributed by atoms with E-state index in [-0.39, 0.29) is 10.5 Å². The molecule has 0 spiro atoms. The average molecular weight is 263 g/mol. The largest absolute Gasteiger partial charge is 0.0622 e. The topological polar surface area (TPSA) is 0 Å². The van der Waals surface area contributed by atoms with Crippen molar-refractivity contribution in [2.24, 2.45) is 5.41 Å². The zero-order chi connectivity index (χ0) is 13.7. The number of benzene rings is 2. The number of hydrogen-bond donors (Lipinski definition) is 0. The van der Waals surface area contributed by atoms with Crippen molar-refractivity contribution in [2.45, 2.75) is 31.7 Å². The van der Waals surface area contributed by atoms with E-state index in [1.165, 1.54) is 16.7 Å². The molecule has 0 saturated heterocycles. The normalized spacial score (nSPS) is 28.1. The highest BCUT2D eigenvalue weighted by Crippen LogP contribution is 2.59. The predicted octanol–water partition coefficient (Wildman–Crippen LogP) is 4.24. The Balaban J connectivity index is 2.25. The third-order valence-corrected chi connectivity index (χ3v) is 5.87. The zero-order valence-corrected chi connectivity index (χ0v) is 12.8. The summed E-state index contributed by atoms with van der Waals surface area (Å²) in [6.07, 6.45) is 0. The summed E-state index contributed by atoms with van der Waals surface area (Å²) in [5.74, 6) is 0.437. The molecule has 0 aliphatic heterocycles. The van der Waals surface area contributed by atoms with Crippen LogP contribution in [-0.4, -0.2) is 10.2 Å². The van der Waals surface area contributed by atoms with Crippen LogP contribution in [0.1, 0.15) is 43.4 Å². The highest BCUT2D eigenvalue weighted by Gasteiger charge is 2.52. The summed E-state index contributed by atoms with van der Waals surface area (Å²) in [5, 5.41) is 0.00407. The molecule has 3 rings (SSSR count). The van der Waals surface area contributed by atoms with Gasteiger partial charge in [0, 0.05) is 16.2 Å². The minimum Gasteiger partial charge on any atom is -0.0622 e. The van der Waals surface area contributed by atoms with E-state index in [1.54, 1.807) is 0 Å². The van der Waals surface area contributed by atoms with Crippen molar-refractivity contribution in [3.8, 4) is 0 Å². The van der Waals surface area contributed by atoms with E-state index < -0.39 is 0 Å². The van der Waals surface area contributed by atoms with Gasteiger partial charge in [0.2, 0.25) is 0 Å². The fourth-order valence-electron chi connectivity index (χ4n) is 3.47. The molecule has 1 aliphatic rings.